The molecule has 0 atom stereocenters. The summed E-state index contributed by atoms with van der Waals surface area (Å²) in [5.41, 5.74) is 0.0489. The van der Waals surface area contributed by atoms with Gasteiger partial charge in [0.2, 0.25) is 0 Å². The van der Waals surface area contributed by atoms with Gasteiger partial charge in [0, 0.05) is 13.0 Å². The number of carbonyl (C=O) groups is 1. The molecule has 0 saturated heterocycles. The summed E-state index contributed by atoms with van der Waals surface area (Å²) in [5.74, 6) is -0.640. The van der Waals surface area contributed by atoms with Crippen molar-refractivity contribution in [2.45, 2.75) is 25.6 Å². The van der Waals surface area contributed by atoms with Crippen LogP contribution in [0.4, 0.5) is 13.2 Å². The molecule has 8 heteroatoms. The molecule has 1 rings (SSSR count). The number of aromatic nitrogens is 2. The lowest BCUT2D eigenvalue weighted by atomic mass is 10.1. The summed E-state index contributed by atoms with van der Waals surface area (Å²) in [6, 6.07) is 0. The van der Waals surface area contributed by atoms with Crippen LogP contribution in [-0.2, 0) is 6.54 Å². The molecule has 0 aliphatic heterocycles. The molecule has 1 aromatic heterocycles. The Bertz CT molecular complexity index is 443. The first kappa shape index (κ1) is 16.0. The zero-order chi connectivity index (χ0) is 14.6. The van der Waals surface area contributed by atoms with Crippen molar-refractivity contribution in [3.05, 3.63) is 16.9 Å². The molecular formula is C11H15ClF3N3O. The molecule has 0 aliphatic rings. The van der Waals surface area contributed by atoms with Gasteiger partial charge in [-0.3, -0.25) is 9.48 Å². The van der Waals surface area contributed by atoms with Gasteiger partial charge >= 0.3 is 6.18 Å². The fraction of sp³-hybridized carbons (Fsp3) is 0.636. The average molecular weight is 298 g/mol. The lowest BCUT2D eigenvalue weighted by Crippen LogP contribution is -2.22. The lowest BCUT2D eigenvalue weighted by molar-refractivity contribution is -0.133. The minimum absolute atomic E-state index is 0.0489. The van der Waals surface area contributed by atoms with Crippen LogP contribution in [0.25, 0.3) is 0 Å². The maximum absolute atomic E-state index is 12.1. The van der Waals surface area contributed by atoms with Crippen molar-refractivity contribution in [2.75, 3.05) is 20.6 Å². The van der Waals surface area contributed by atoms with Crippen LogP contribution < -0.4 is 0 Å². The van der Waals surface area contributed by atoms with E-state index in [2.05, 4.69) is 5.10 Å². The van der Waals surface area contributed by atoms with Gasteiger partial charge < -0.3 is 4.90 Å². The highest BCUT2D eigenvalue weighted by molar-refractivity contribution is 6.33. The van der Waals surface area contributed by atoms with Crippen LogP contribution in [0.15, 0.2) is 6.20 Å². The molecule has 1 aromatic rings. The van der Waals surface area contributed by atoms with E-state index in [0.29, 0.717) is 13.1 Å². The Morgan fingerprint density at radius 3 is 2.63 bits per heavy atom. The maximum Gasteiger partial charge on any atom is 0.389 e. The summed E-state index contributed by atoms with van der Waals surface area (Å²) in [6.45, 7) is 1.00. The number of hydrogen-bond donors (Lipinski definition) is 0. The van der Waals surface area contributed by atoms with Crippen molar-refractivity contribution in [3.63, 3.8) is 0 Å². The van der Waals surface area contributed by atoms with Crippen LogP contribution in [0, 0.1) is 0 Å². The van der Waals surface area contributed by atoms with E-state index in [1.165, 1.54) is 10.9 Å². The third-order valence-corrected chi connectivity index (χ3v) is 2.73. The molecule has 108 valence electrons. The summed E-state index contributed by atoms with van der Waals surface area (Å²) in [7, 11) is 3.69. The Kier molecular flexibility index (Phi) is 5.37. The maximum atomic E-state index is 12.1. The van der Waals surface area contributed by atoms with Gasteiger partial charge in [0.1, 0.15) is 5.69 Å². The predicted molar refractivity (Wildman–Crippen MR) is 65.4 cm³/mol. The normalized spacial score (nSPS) is 12.2. The van der Waals surface area contributed by atoms with Crippen molar-refractivity contribution in [3.8, 4) is 0 Å². The Hall–Kier alpha value is -1.08. The van der Waals surface area contributed by atoms with E-state index in [1.54, 1.807) is 0 Å². The van der Waals surface area contributed by atoms with Gasteiger partial charge in [-0.1, -0.05) is 11.6 Å². The molecule has 0 saturated carbocycles. The molecule has 4 nitrogen and oxygen atoms in total. The molecule has 0 radical (unpaired) electrons. The van der Waals surface area contributed by atoms with E-state index in [0.717, 1.165) is 0 Å². The highest BCUT2D eigenvalue weighted by Crippen LogP contribution is 2.24. The Labute approximate surface area is 114 Å². The van der Waals surface area contributed by atoms with Crippen LogP contribution in [0.3, 0.4) is 0 Å². The van der Waals surface area contributed by atoms with Crippen molar-refractivity contribution in [1.82, 2.24) is 14.7 Å². The molecule has 0 aromatic carbocycles. The fourth-order valence-electron chi connectivity index (χ4n) is 1.48. The molecule has 0 amide bonds. The first-order valence-electron chi connectivity index (χ1n) is 5.66. The number of rotatable bonds is 6. The topological polar surface area (TPSA) is 38.1 Å². The SMILES string of the molecule is CN(C)CCn1ncc(Cl)c1C(=O)CCC(F)(F)F. The van der Waals surface area contributed by atoms with E-state index in [-0.39, 0.29) is 10.7 Å². The summed E-state index contributed by atoms with van der Waals surface area (Å²) < 4.78 is 37.6. The summed E-state index contributed by atoms with van der Waals surface area (Å²) >= 11 is 5.81. The Morgan fingerprint density at radius 1 is 1.47 bits per heavy atom. The van der Waals surface area contributed by atoms with E-state index in [1.807, 2.05) is 19.0 Å². The molecule has 0 spiro atoms. The second-order valence-corrected chi connectivity index (χ2v) is 4.81. The van der Waals surface area contributed by atoms with Gasteiger partial charge in [-0.2, -0.15) is 18.3 Å². The van der Waals surface area contributed by atoms with Gasteiger partial charge in [-0.15, -0.1) is 0 Å². The Balaban J connectivity index is 2.75. The number of carbonyl (C=O) groups excluding carboxylic acids is 1. The Morgan fingerprint density at radius 2 is 2.11 bits per heavy atom. The lowest BCUT2D eigenvalue weighted by Gasteiger charge is -2.12. The van der Waals surface area contributed by atoms with Crippen molar-refractivity contribution in [2.24, 2.45) is 0 Å². The molecule has 19 heavy (non-hydrogen) atoms. The monoisotopic (exact) mass is 297 g/mol. The smallest absolute Gasteiger partial charge is 0.308 e. The number of Topliss-reactive ketones (excluding diaryl/α,β-unsaturated/α-hetero) is 1. The van der Waals surface area contributed by atoms with Gasteiger partial charge in [0.05, 0.1) is 24.2 Å². The largest absolute Gasteiger partial charge is 0.389 e. The highest BCUT2D eigenvalue weighted by Gasteiger charge is 2.29. The standard InChI is InChI=1S/C11H15ClF3N3O/c1-17(2)5-6-18-10(8(12)7-16-18)9(19)3-4-11(13,14)15/h7H,3-6H2,1-2H3. The van der Waals surface area contributed by atoms with E-state index in [9.17, 15) is 18.0 Å². The number of ketones is 1. The first-order chi connectivity index (χ1) is 8.70. The summed E-state index contributed by atoms with van der Waals surface area (Å²) in [5, 5.41) is 4.00. The van der Waals surface area contributed by atoms with Crippen molar-refractivity contribution in [1.29, 1.82) is 0 Å². The number of hydrogen-bond acceptors (Lipinski definition) is 3. The number of alkyl halides is 3. The zero-order valence-electron chi connectivity index (χ0n) is 10.7. The third kappa shape index (κ3) is 5.20. The quantitative estimate of drug-likeness (QED) is 0.758. The minimum atomic E-state index is -4.35. The second-order valence-electron chi connectivity index (χ2n) is 4.41. The molecule has 0 aliphatic carbocycles. The first-order valence-corrected chi connectivity index (χ1v) is 6.04. The van der Waals surface area contributed by atoms with Gasteiger partial charge in [0.25, 0.3) is 0 Å². The molecule has 0 N–H and O–H groups in total. The molecule has 0 fully saturated rings. The second kappa shape index (κ2) is 6.38. The molecular weight excluding hydrogens is 283 g/mol. The summed E-state index contributed by atoms with van der Waals surface area (Å²) in [6.07, 6.45) is -4.84. The van der Waals surface area contributed by atoms with Crippen LogP contribution >= 0.6 is 11.6 Å². The van der Waals surface area contributed by atoms with Crippen molar-refractivity contribution < 1.29 is 18.0 Å². The highest BCUT2D eigenvalue weighted by atomic mass is 35.5. The minimum Gasteiger partial charge on any atom is -0.308 e. The average Bonchev–Trinajstić information content (AvgIpc) is 2.64. The van der Waals surface area contributed by atoms with Crippen LogP contribution in [0.2, 0.25) is 5.02 Å². The van der Waals surface area contributed by atoms with Gasteiger partial charge in [-0.05, 0) is 14.1 Å². The zero-order valence-corrected chi connectivity index (χ0v) is 11.4. The van der Waals surface area contributed by atoms with Gasteiger partial charge in [-0.25, -0.2) is 0 Å². The van der Waals surface area contributed by atoms with Crippen LogP contribution in [-0.4, -0.2) is 47.3 Å². The molecule has 0 bridgehead atoms. The van der Waals surface area contributed by atoms with E-state index in [4.69, 9.17) is 11.6 Å². The molecule has 1 heterocycles. The van der Waals surface area contributed by atoms with Crippen molar-refractivity contribution >= 4 is 17.4 Å². The van der Waals surface area contributed by atoms with E-state index >= 15 is 0 Å². The third-order valence-electron chi connectivity index (χ3n) is 2.45. The fourth-order valence-corrected chi connectivity index (χ4v) is 1.72. The van der Waals surface area contributed by atoms with Gasteiger partial charge in [0.15, 0.2) is 5.78 Å². The summed E-state index contributed by atoms with van der Waals surface area (Å²) in [4.78, 5) is 13.7. The number of likely N-dealkylation sites (N-methyl/N-ethyl adjacent to an activating group) is 1. The van der Waals surface area contributed by atoms with Crippen LogP contribution in [0.5, 0.6) is 0 Å². The van der Waals surface area contributed by atoms with Crippen LogP contribution in [0.1, 0.15) is 23.3 Å². The van der Waals surface area contributed by atoms with E-state index < -0.39 is 24.8 Å². The molecule has 0 unspecified atom stereocenters. The number of nitrogens with zero attached hydrogens (tertiary/aromatic N) is 3. The predicted octanol–water partition coefficient (Wildman–Crippen LogP) is 2.62. The number of halogens is 4.